The minimum absolute atomic E-state index is 0.00290. The normalized spacial score (nSPS) is 10.5. The number of carbonyl (C=O) groups is 1. The summed E-state index contributed by atoms with van der Waals surface area (Å²) in [6.45, 7) is 1.93. The topological polar surface area (TPSA) is 114 Å². The molecule has 0 atom stereocenters. The van der Waals surface area contributed by atoms with Crippen molar-refractivity contribution in [3.05, 3.63) is 67.7 Å². The van der Waals surface area contributed by atoms with Crippen molar-refractivity contribution in [3.63, 3.8) is 0 Å². The summed E-state index contributed by atoms with van der Waals surface area (Å²) in [5, 5.41) is 12.1. The molecular formula is C20H16ClN3O5. The molecule has 1 N–H and O–H groups in total. The van der Waals surface area contributed by atoms with Crippen molar-refractivity contribution in [3.8, 4) is 17.6 Å². The first-order valence-corrected chi connectivity index (χ1v) is 9.11. The molecule has 0 aliphatic rings. The Kier molecular flexibility index (Phi) is 6.00. The fraction of sp³-hybridized carbons (Fsp3) is 0.200. The summed E-state index contributed by atoms with van der Waals surface area (Å²) in [5.74, 6) is -0.517. The maximum absolute atomic E-state index is 12.5. The van der Waals surface area contributed by atoms with Gasteiger partial charge in [0.1, 0.15) is 0 Å². The highest BCUT2D eigenvalue weighted by Crippen LogP contribution is 2.36. The van der Waals surface area contributed by atoms with Crippen LogP contribution in [0.25, 0.3) is 10.8 Å². The smallest absolute Gasteiger partial charge is 0.313 e. The number of ether oxygens (including phenoxy) is 2. The average Bonchev–Trinajstić information content (AvgIpc) is 2.72. The van der Waals surface area contributed by atoms with Crippen LogP contribution in [-0.4, -0.2) is 22.4 Å². The van der Waals surface area contributed by atoms with Crippen molar-refractivity contribution >= 4 is 28.3 Å². The van der Waals surface area contributed by atoms with E-state index in [9.17, 15) is 14.4 Å². The second-order valence-electron chi connectivity index (χ2n) is 6.00. The Hall–Kier alpha value is -3.57. The lowest BCUT2D eigenvalue weighted by Gasteiger charge is -2.13. The molecule has 0 amide bonds. The van der Waals surface area contributed by atoms with E-state index in [1.165, 1.54) is 12.1 Å². The number of nitrogens with one attached hydrogen (secondary N) is 1. The van der Waals surface area contributed by atoms with E-state index in [-0.39, 0.29) is 52.4 Å². The summed E-state index contributed by atoms with van der Waals surface area (Å²) >= 11 is 6.11. The monoisotopic (exact) mass is 413 g/mol. The van der Waals surface area contributed by atoms with Gasteiger partial charge in [-0.3, -0.25) is 19.5 Å². The molecule has 0 bridgehead atoms. The summed E-state index contributed by atoms with van der Waals surface area (Å²) in [4.78, 5) is 36.9. The fourth-order valence-electron chi connectivity index (χ4n) is 2.77. The summed E-state index contributed by atoms with van der Waals surface area (Å²) in [7, 11) is 0. The number of rotatable bonds is 6. The van der Waals surface area contributed by atoms with Gasteiger partial charge in [-0.15, -0.1) is 0 Å². The Labute approximate surface area is 169 Å². The zero-order chi connectivity index (χ0) is 21.0. The lowest BCUT2D eigenvalue weighted by atomic mass is 10.2. The SMILES string of the molecule is CCOc1cc(C#N)cc(Cl)c1OC(=O)CCn1[nH]c(=O)c2ccccc2c1=O. The molecule has 2 aromatic carbocycles. The number of benzene rings is 2. The van der Waals surface area contributed by atoms with Crippen molar-refractivity contribution in [2.75, 3.05) is 6.61 Å². The zero-order valence-electron chi connectivity index (χ0n) is 15.4. The standard InChI is InChI=1S/C20H16ClN3O5/c1-2-28-16-10-12(11-22)9-15(21)18(16)29-17(25)7-8-24-20(27)14-6-4-3-5-13(14)19(26)23-24/h3-6,9-10H,2,7-8H2,1H3,(H,23,26). The average molecular weight is 414 g/mol. The zero-order valence-corrected chi connectivity index (χ0v) is 16.2. The van der Waals surface area contributed by atoms with Crippen molar-refractivity contribution in [1.29, 1.82) is 5.26 Å². The molecule has 3 rings (SSSR count). The van der Waals surface area contributed by atoms with Crippen molar-refractivity contribution in [2.24, 2.45) is 0 Å². The number of aromatic amines is 1. The molecule has 0 aliphatic heterocycles. The maximum atomic E-state index is 12.5. The van der Waals surface area contributed by atoms with E-state index < -0.39 is 17.1 Å². The number of hydrogen-bond donors (Lipinski definition) is 1. The van der Waals surface area contributed by atoms with Crippen LogP contribution in [0.2, 0.25) is 5.02 Å². The second-order valence-corrected chi connectivity index (χ2v) is 6.40. The summed E-state index contributed by atoms with van der Waals surface area (Å²) in [6.07, 6.45) is -0.198. The molecule has 1 heterocycles. The highest BCUT2D eigenvalue weighted by Gasteiger charge is 2.17. The molecule has 0 saturated carbocycles. The van der Waals surface area contributed by atoms with E-state index in [4.69, 9.17) is 26.3 Å². The number of aromatic nitrogens is 2. The van der Waals surface area contributed by atoms with Gasteiger partial charge in [-0.2, -0.15) is 5.26 Å². The van der Waals surface area contributed by atoms with Gasteiger partial charge in [-0.25, -0.2) is 4.68 Å². The highest BCUT2D eigenvalue weighted by atomic mass is 35.5. The van der Waals surface area contributed by atoms with Crippen LogP contribution < -0.4 is 20.6 Å². The number of esters is 1. The van der Waals surface area contributed by atoms with Gasteiger partial charge in [-0.05, 0) is 25.1 Å². The van der Waals surface area contributed by atoms with Crippen LogP contribution >= 0.6 is 11.6 Å². The predicted octanol–water partition coefficient (Wildman–Crippen LogP) is 2.61. The number of carbonyl (C=O) groups excluding carboxylic acids is 1. The number of aryl methyl sites for hydroxylation is 1. The van der Waals surface area contributed by atoms with Crippen LogP contribution in [0.4, 0.5) is 0 Å². The van der Waals surface area contributed by atoms with Crippen molar-refractivity contribution < 1.29 is 14.3 Å². The second kappa shape index (κ2) is 8.63. The third kappa shape index (κ3) is 4.31. The quantitative estimate of drug-likeness (QED) is 0.490. The molecule has 0 unspecified atom stereocenters. The summed E-state index contributed by atoms with van der Waals surface area (Å²) < 4.78 is 11.8. The number of hydrogen-bond acceptors (Lipinski definition) is 6. The van der Waals surface area contributed by atoms with Crippen LogP contribution in [0.5, 0.6) is 11.5 Å². The van der Waals surface area contributed by atoms with Gasteiger partial charge < -0.3 is 9.47 Å². The van der Waals surface area contributed by atoms with Gasteiger partial charge >= 0.3 is 5.97 Å². The Morgan fingerprint density at radius 2 is 1.97 bits per heavy atom. The number of nitriles is 1. The minimum Gasteiger partial charge on any atom is -0.490 e. The Bertz CT molecular complexity index is 1240. The predicted molar refractivity (Wildman–Crippen MR) is 106 cm³/mol. The lowest BCUT2D eigenvalue weighted by molar-refractivity contribution is -0.134. The van der Waals surface area contributed by atoms with Crippen LogP contribution in [-0.2, 0) is 11.3 Å². The maximum Gasteiger partial charge on any atom is 0.313 e. The van der Waals surface area contributed by atoms with Gasteiger partial charge in [-0.1, -0.05) is 23.7 Å². The molecule has 29 heavy (non-hydrogen) atoms. The molecule has 148 valence electrons. The van der Waals surface area contributed by atoms with E-state index in [0.717, 1.165) is 4.68 Å². The molecule has 8 nitrogen and oxygen atoms in total. The van der Waals surface area contributed by atoms with Crippen molar-refractivity contribution in [2.45, 2.75) is 19.9 Å². The van der Waals surface area contributed by atoms with E-state index in [1.807, 2.05) is 6.07 Å². The van der Waals surface area contributed by atoms with Crippen LogP contribution in [0.15, 0.2) is 46.0 Å². The molecule has 0 radical (unpaired) electrons. The van der Waals surface area contributed by atoms with Crippen LogP contribution in [0, 0.1) is 11.3 Å². The Balaban J connectivity index is 1.80. The molecule has 0 spiro atoms. The van der Waals surface area contributed by atoms with E-state index in [2.05, 4.69) is 5.10 Å². The molecule has 1 aromatic heterocycles. The first-order chi connectivity index (χ1) is 13.9. The number of fused-ring (bicyclic) bond motifs is 1. The first kappa shape index (κ1) is 20.2. The number of nitrogens with zero attached hydrogens (tertiary/aromatic N) is 2. The van der Waals surface area contributed by atoms with E-state index >= 15 is 0 Å². The molecular weight excluding hydrogens is 398 g/mol. The Morgan fingerprint density at radius 3 is 2.66 bits per heavy atom. The molecule has 0 fully saturated rings. The highest BCUT2D eigenvalue weighted by molar-refractivity contribution is 6.32. The molecule has 3 aromatic rings. The molecule has 9 heteroatoms. The minimum atomic E-state index is -0.682. The lowest BCUT2D eigenvalue weighted by Crippen LogP contribution is -2.31. The number of halogens is 1. The first-order valence-electron chi connectivity index (χ1n) is 8.73. The fourth-order valence-corrected chi connectivity index (χ4v) is 3.02. The van der Waals surface area contributed by atoms with Gasteiger partial charge in [0.05, 0.1) is 47.0 Å². The van der Waals surface area contributed by atoms with Crippen LogP contribution in [0.3, 0.4) is 0 Å². The van der Waals surface area contributed by atoms with Gasteiger partial charge in [0.15, 0.2) is 11.5 Å². The van der Waals surface area contributed by atoms with Gasteiger partial charge in [0.25, 0.3) is 11.1 Å². The number of H-pyrrole nitrogens is 1. The van der Waals surface area contributed by atoms with Gasteiger partial charge in [0, 0.05) is 6.07 Å². The summed E-state index contributed by atoms with van der Waals surface area (Å²) in [6, 6.07) is 11.1. The third-order valence-corrected chi connectivity index (χ3v) is 4.36. The van der Waals surface area contributed by atoms with Crippen molar-refractivity contribution in [1.82, 2.24) is 9.78 Å². The third-order valence-electron chi connectivity index (χ3n) is 4.08. The molecule has 0 saturated heterocycles. The Morgan fingerprint density at radius 1 is 1.24 bits per heavy atom. The van der Waals surface area contributed by atoms with E-state index in [1.54, 1.807) is 31.2 Å². The van der Waals surface area contributed by atoms with Gasteiger partial charge in [0.2, 0.25) is 0 Å². The molecule has 0 aliphatic carbocycles. The van der Waals surface area contributed by atoms with E-state index in [0.29, 0.717) is 0 Å². The van der Waals surface area contributed by atoms with Crippen LogP contribution in [0.1, 0.15) is 18.9 Å². The largest absolute Gasteiger partial charge is 0.490 e. The summed E-state index contributed by atoms with van der Waals surface area (Å²) in [5.41, 5.74) is -0.583.